The highest BCUT2D eigenvalue weighted by Crippen LogP contribution is 2.27. The van der Waals surface area contributed by atoms with Gasteiger partial charge in [0.25, 0.3) is 0 Å². The van der Waals surface area contributed by atoms with Gasteiger partial charge >= 0.3 is 5.97 Å². The first kappa shape index (κ1) is 20.4. The largest absolute Gasteiger partial charge is 0.462 e. The SMILES string of the molecule is C=C(C)C(=O)OCCCCCCC(=O)Nc1ccccc1-c1ccccc1. The van der Waals surface area contributed by atoms with Gasteiger partial charge < -0.3 is 10.1 Å². The quantitative estimate of drug-likeness (QED) is 0.350. The molecule has 2 aromatic carbocycles. The summed E-state index contributed by atoms with van der Waals surface area (Å²) in [7, 11) is 0. The topological polar surface area (TPSA) is 55.4 Å². The predicted molar refractivity (Wildman–Crippen MR) is 109 cm³/mol. The van der Waals surface area contributed by atoms with E-state index in [4.69, 9.17) is 4.74 Å². The lowest BCUT2D eigenvalue weighted by molar-refractivity contribution is -0.139. The van der Waals surface area contributed by atoms with Gasteiger partial charge in [0.15, 0.2) is 0 Å². The second kappa shape index (κ2) is 11.0. The number of benzene rings is 2. The summed E-state index contributed by atoms with van der Waals surface area (Å²) in [4.78, 5) is 23.5. The lowest BCUT2D eigenvalue weighted by atomic mass is 10.0. The molecule has 0 saturated carbocycles. The fraction of sp³-hybridized carbons (Fsp3) is 0.304. The zero-order valence-electron chi connectivity index (χ0n) is 15.9. The molecule has 1 amide bonds. The van der Waals surface area contributed by atoms with Gasteiger partial charge in [0, 0.05) is 23.2 Å². The maximum absolute atomic E-state index is 12.3. The van der Waals surface area contributed by atoms with Gasteiger partial charge in [-0.05, 0) is 31.4 Å². The maximum Gasteiger partial charge on any atom is 0.333 e. The van der Waals surface area contributed by atoms with Crippen LogP contribution < -0.4 is 5.32 Å². The van der Waals surface area contributed by atoms with Crippen molar-refractivity contribution in [2.45, 2.75) is 39.0 Å². The third kappa shape index (κ3) is 7.10. The van der Waals surface area contributed by atoms with E-state index >= 15 is 0 Å². The van der Waals surface area contributed by atoms with Crippen molar-refractivity contribution in [3.63, 3.8) is 0 Å². The number of ether oxygens (including phenoxy) is 1. The number of para-hydroxylation sites is 1. The fourth-order valence-corrected chi connectivity index (χ4v) is 2.70. The number of esters is 1. The molecule has 2 rings (SSSR count). The Bertz CT molecular complexity index is 768. The lowest BCUT2D eigenvalue weighted by Crippen LogP contribution is -2.12. The zero-order valence-corrected chi connectivity index (χ0v) is 15.9. The third-order valence-electron chi connectivity index (χ3n) is 4.17. The van der Waals surface area contributed by atoms with Crippen molar-refractivity contribution in [3.8, 4) is 11.1 Å². The van der Waals surface area contributed by atoms with Gasteiger partial charge in [-0.2, -0.15) is 0 Å². The van der Waals surface area contributed by atoms with Gasteiger partial charge in [-0.25, -0.2) is 4.79 Å². The molecular formula is C23H27NO3. The summed E-state index contributed by atoms with van der Waals surface area (Å²) < 4.78 is 5.05. The van der Waals surface area contributed by atoms with Gasteiger partial charge in [0.2, 0.25) is 5.91 Å². The van der Waals surface area contributed by atoms with Crippen LogP contribution in [0.2, 0.25) is 0 Å². The van der Waals surface area contributed by atoms with Crippen LogP contribution in [0.25, 0.3) is 11.1 Å². The van der Waals surface area contributed by atoms with Gasteiger partial charge in [-0.15, -0.1) is 0 Å². The number of anilines is 1. The molecule has 0 aliphatic rings. The number of carbonyl (C=O) groups is 2. The van der Waals surface area contributed by atoms with E-state index in [-0.39, 0.29) is 11.9 Å². The van der Waals surface area contributed by atoms with Crippen LogP contribution >= 0.6 is 0 Å². The van der Waals surface area contributed by atoms with Crippen LogP contribution in [0.3, 0.4) is 0 Å². The van der Waals surface area contributed by atoms with E-state index in [0.717, 1.165) is 42.5 Å². The molecule has 4 nitrogen and oxygen atoms in total. The molecule has 2 aromatic rings. The van der Waals surface area contributed by atoms with Gasteiger partial charge in [-0.1, -0.05) is 68.0 Å². The molecule has 0 spiro atoms. The Balaban J connectivity index is 1.71. The fourth-order valence-electron chi connectivity index (χ4n) is 2.70. The molecule has 0 aliphatic heterocycles. The summed E-state index contributed by atoms with van der Waals surface area (Å²) in [6.45, 7) is 5.58. The molecule has 0 saturated heterocycles. The number of rotatable bonds is 10. The second-order valence-electron chi connectivity index (χ2n) is 6.54. The number of hydrogen-bond acceptors (Lipinski definition) is 3. The summed E-state index contributed by atoms with van der Waals surface area (Å²) in [6.07, 6.45) is 3.95. The first-order valence-corrected chi connectivity index (χ1v) is 9.35. The van der Waals surface area contributed by atoms with Crippen molar-refractivity contribution in [1.82, 2.24) is 0 Å². The average Bonchev–Trinajstić information content (AvgIpc) is 2.68. The Morgan fingerprint density at radius 1 is 0.926 bits per heavy atom. The van der Waals surface area contributed by atoms with E-state index in [2.05, 4.69) is 11.9 Å². The van der Waals surface area contributed by atoms with E-state index in [1.54, 1.807) is 6.92 Å². The summed E-state index contributed by atoms with van der Waals surface area (Å²) in [6, 6.07) is 17.9. The molecule has 0 heterocycles. The van der Waals surface area contributed by atoms with E-state index in [1.807, 2.05) is 54.6 Å². The minimum atomic E-state index is -0.341. The third-order valence-corrected chi connectivity index (χ3v) is 4.17. The maximum atomic E-state index is 12.3. The summed E-state index contributed by atoms with van der Waals surface area (Å²) in [5.74, 6) is -0.321. The molecule has 0 radical (unpaired) electrons. The minimum absolute atomic E-state index is 0.0205. The predicted octanol–water partition coefficient (Wildman–Crippen LogP) is 5.36. The molecule has 0 bridgehead atoms. The highest BCUT2D eigenvalue weighted by atomic mass is 16.5. The van der Waals surface area contributed by atoms with Crippen LogP contribution in [-0.2, 0) is 14.3 Å². The molecule has 0 aliphatic carbocycles. The molecule has 4 heteroatoms. The van der Waals surface area contributed by atoms with Crippen LogP contribution in [0.5, 0.6) is 0 Å². The van der Waals surface area contributed by atoms with Crippen LogP contribution in [0, 0.1) is 0 Å². The summed E-state index contributed by atoms with van der Waals surface area (Å²) in [5, 5.41) is 3.02. The van der Waals surface area contributed by atoms with Crippen molar-refractivity contribution in [2.24, 2.45) is 0 Å². The van der Waals surface area contributed by atoms with Crippen molar-refractivity contribution < 1.29 is 14.3 Å². The molecule has 27 heavy (non-hydrogen) atoms. The highest BCUT2D eigenvalue weighted by molar-refractivity contribution is 5.95. The average molecular weight is 365 g/mol. The zero-order chi connectivity index (χ0) is 19.5. The van der Waals surface area contributed by atoms with E-state index in [9.17, 15) is 9.59 Å². The molecule has 0 aromatic heterocycles. The molecule has 0 unspecified atom stereocenters. The molecule has 0 fully saturated rings. The van der Waals surface area contributed by atoms with Gasteiger partial charge in [-0.3, -0.25) is 4.79 Å². The van der Waals surface area contributed by atoms with Gasteiger partial charge in [0.05, 0.1) is 6.61 Å². The summed E-state index contributed by atoms with van der Waals surface area (Å²) >= 11 is 0. The van der Waals surface area contributed by atoms with Crippen LogP contribution in [0.4, 0.5) is 5.69 Å². The van der Waals surface area contributed by atoms with Crippen molar-refractivity contribution in [1.29, 1.82) is 0 Å². The number of hydrogen-bond donors (Lipinski definition) is 1. The Morgan fingerprint density at radius 3 is 2.33 bits per heavy atom. The smallest absolute Gasteiger partial charge is 0.333 e. The first-order valence-electron chi connectivity index (χ1n) is 9.35. The lowest BCUT2D eigenvalue weighted by Gasteiger charge is -2.11. The molecule has 142 valence electrons. The van der Waals surface area contributed by atoms with Gasteiger partial charge in [0.1, 0.15) is 0 Å². The molecule has 0 atom stereocenters. The summed E-state index contributed by atoms with van der Waals surface area (Å²) in [5.41, 5.74) is 3.35. The number of unbranched alkanes of at least 4 members (excludes halogenated alkanes) is 3. The standard InChI is InChI=1S/C23H27NO3/c1-18(2)23(26)27-17-11-4-3-8-16-22(25)24-21-15-10-9-14-20(21)19-12-6-5-7-13-19/h5-7,9-10,12-15H,1,3-4,8,11,16-17H2,2H3,(H,24,25). The van der Waals surface area contributed by atoms with Crippen LogP contribution in [-0.4, -0.2) is 18.5 Å². The van der Waals surface area contributed by atoms with E-state index < -0.39 is 0 Å². The molecular weight excluding hydrogens is 338 g/mol. The van der Waals surface area contributed by atoms with Crippen molar-refractivity contribution >= 4 is 17.6 Å². The van der Waals surface area contributed by atoms with Crippen molar-refractivity contribution in [2.75, 3.05) is 11.9 Å². The second-order valence-corrected chi connectivity index (χ2v) is 6.54. The Kier molecular flexibility index (Phi) is 8.30. The van der Waals surface area contributed by atoms with Crippen LogP contribution in [0.1, 0.15) is 39.0 Å². The Morgan fingerprint density at radius 2 is 1.59 bits per heavy atom. The van der Waals surface area contributed by atoms with Crippen LogP contribution in [0.15, 0.2) is 66.7 Å². The first-order chi connectivity index (χ1) is 13.1. The highest BCUT2D eigenvalue weighted by Gasteiger charge is 2.08. The normalized spacial score (nSPS) is 10.3. The number of nitrogens with one attached hydrogen (secondary N) is 1. The minimum Gasteiger partial charge on any atom is -0.462 e. The van der Waals surface area contributed by atoms with Crippen molar-refractivity contribution in [3.05, 3.63) is 66.7 Å². The number of carbonyl (C=O) groups excluding carboxylic acids is 2. The Labute approximate surface area is 161 Å². The van der Waals surface area contributed by atoms with E-state index in [1.165, 1.54) is 0 Å². The Hall–Kier alpha value is -2.88. The number of amides is 1. The van der Waals surface area contributed by atoms with E-state index in [0.29, 0.717) is 18.6 Å². The monoisotopic (exact) mass is 365 g/mol. The molecule has 1 N–H and O–H groups in total.